The Morgan fingerprint density at radius 2 is 2.06 bits per heavy atom. The average Bonchev–Trinajstić information content (AvgIpc) is 2.24. The van der Waals surface area contributed by atoms with Crippen molar-refractivity contribution in [3.05, 3.63) is 28.8 Å². The highest BCUT2D eigenvalue weighted by atomic mass is 35.5. The molecule has 0 saturated carbocycles. The first-order valence-electron chi connectivity index (χ1n) is 4.66. The molecule has 1 aromatic rings. The molecule has 0 amide bonds. The topological polar surface area (TPSA) is 29.5 Å². The Labute approximate surface area is 106 Å². The lowest BCUT2D eigenvalue weighted by Crippen LogP contribution is -2.08. The number of para-hydroxylation sites is 1. The van der Waals surface area contributed by atoms with Gasteiger partial charge in [-0.1, -0.05) is 23.7 Å². The van der Waals surface area contributed by atoms with Gasteiger partial charge in [-0.05, 0) is 17.8 Å². The van der Waals surface area contributed by atoms with Gasteiger partial charge in [-0.2, -0.15) is 13.2 Å². The zero-order valence-corrected chi connectivity index (χ0v) is 10.2. The monoisotopic (exact) mass is 286 g/mol. The third-order valence-corrected chi connectivity index (χ3v) is 2.81. The average molecular weight is 287 g/mol. The summed E-state index contributed by atoms with van der Waals surface area (Å²) in [6, 6.07) is 4.77. The van der Waals surface area contributed by atoms with Gasteiger partial charge in [0.05, 0.1) is 18.2 Å². The summed E-state index contributed by atoms with van der Waals surface area (Å²) in [6.45, 7) is -0.400. The van der Waals surface area contributed by atoms with E-state index in [0.29, 0.717) is 5.56 Å². The number of rotatable bonds is 5. The molecule has 0 fully saturated rings. The summed E-state index contributed by atoms with van der Waals surface area (Å²) in [5.41, 5.74) is -3.81. The van der Waals surface area contributed by atoms with E-state index in [1.165, 1.54) is 0 Å². The second-order valence-corrected chi connectivity index (χ2v) is 4.60. The van der Waals surface area contributed by atoms with Crippen molar-refractivity contribution in [3.63, 3.8) is 0 Å². The smallest absolute Gasteiger partial charge is 0.441 e. The zero-order valence-electron chi connectivity index (χ0n) is 8.63. The maximum atomic E-state index is 11.8. The Kier molecular flexibility index (Phi) is 5.42. The Morgan fingerprint density at radius 3 is 2.65 bits per heavy atom. The fraction of sp³-hybridized carbons (Fsp3) is 0.400. The fourth-order valence-corrected chi connectivity index (χ4v) is 1.79. The van der Waals surface area contributed by atoms with Gasteiger partial charge in [-0.25, -0.2) is 0 Å². The normalized spacial score (nSPS) is 11.6. The van der Waals surface area contributed by atoms with Crippen LogP contribution in [0.1, 0.15) is 5.56 Å². The lowest BCUT2D eigenvalue weighted by molar-refractivity contribution is -0.0329. The number of ether oxygens (including phenoxy) is 1. The van der Waals surface area contributed by atoms with Gasteiger partial charge < -0.3 is 9.84 Å². The van der Waals surface area contributed by atoms with Crippen LogP contribution in [0.25, 0.3) is 0 Å². The van der Waals surface area contributed by atoms with Gasteiger partial charge in [0.25, 0.3) is 0 Å². The lowest BCUT2D eigenvalue weighted by Gasteiger charge is -2.12. The van der Waals surface area contributed by atoms with Crippen molar-refractivity contribution in [2.45, 2.75) is 12.1 Å². The minimum absolute atomic E-state index is 0.124. The highest BCUT2D eigenvalue weighted by Gasteiger charge is 2.27. The number of benzene rings is 1. The van der Waals surface area contributed by atoms with Crippen LogP contribution in [0.5, 0.6) is 5.75 Å². The summed E-state index contributed by atoms with van der Waals surface area (Å²) in [5.74, 6) is 0.0130. The molecule has 0 heterocycles. The molecule has 0 radical (unpaired) electrons. The standard InChI is InChI=1S/C10H10ClF3O2S/c11-8-3-1-2-7(6-15)9(8)16-4-5-17-10(12,13)14/h1-3,15H,4-6H2. The van der Waals surface area contributed by atoms with Crippen LogP contribution in [-0.2, 0) is 6.61 Å². The van der Waals surface area contributed by atoms with Gasteiger partial charge in [0.2, 0.25) is 0 Å². The molecule has 0 aliphatic rings. The SMILES string of the molecule is OCc1cccc(Cl)c1OCCSC(F)(F)F. The molecule has 0 aliphatic carbocycles. The molecule has 0 saturated heterocycles. The van der Waals surface area contributed by atoms with Crippen molar-refractivity contribution in [2.24, 2.45) is 0 Å². The molecule has 0 atom stereocenters. The molecule has 0 bridgehead atoms. The molecule has 96 valence electrons. The van der Waals surface area contributed by atoms with Crippen LogP contribution in [0.2, 0.25) is 5.02 Å². The lowest BCUT2D eigenvalue weighted by atomic mass is 10.2. The predicted octanol–water partition coefficient (Wildman–Crippen LogP) is 3.46. The highest BCUT2D eigenvalue weighted by Crippen LogP contribution is 2.31. The van der Waals surface area contributed by atoms with Crippen LogP contribution in [0.4, 0.5) is 13.2 Å². The van der Waals surface area contributed by atoms with Crippen LogP contribution in [-0.4, -0.2) is 23.0 Å². The van der Waals surface area contributed by atoms with Gasteiger partial charge in [0, 0.05) is 11.3 Å². The first kappa shape index (κ1) is 14.5. The van der Waals surface area contributed by atoms with Gasteiger partial charge in [0.1, 0.15) is 5.75 Å². The van der Waals surface area contributed by atoms with Crippen LogP contribution in [0, 0.1) is 0 Å². The Balaban J connectivity index is 2.52. The molecule has 1 N–H and O–H groups in total. The molecule has 17 heavy (non-hydrogen) atoms. The molecule has 1 aromatic carbocycles. The van der Waals surface area contributed by atoms with E-state index in [4.69, 9.17) is 21.4 Å². The summed E-state index contributed by atoms with van der Waals surface area (Å²) in [7, 11) is 0. The largest absolute Gasteiger partial charge is 0.491 e. The molecule has 1 rings (SSSR count). The van der Waals surface area contributed by atoms with Crippen molar-refractivity contribution < 1.29 is 23.0 Å². The number of halogens is 4. The molecule has 0 spiro atoms. The maximum absolute atomic E-state index is 11.8. The number of aliphatic hydroxyl groups excluding tert-OH is 1. The minimum atomic E-state index is -4.26. The summed E-state index contributed by atoms with van der Waals surface area (Å²) >= 11 is 5.65. The second-order valence-electron chi connectivity index (χ2n) is 3.03. The van der Waals surface area contributed by atoms with E-state index in [1.807, 2.05) is 0 Å². The first-order valence-corrected chi connectivity index (χ1v) is 6.02. The molecule has 0 aliphatic heterocycles. The minimum Gasteiger partial charge on any atom is -0.491 e. The van der Waals surface area contributed by atoms with E-state index >= 15 is 0 Å². The fourth-order valence-electron chi connectivity index (χ4n) is 1.14. The Hall–Kier alpha value is -0.590. The van der Waals surface area contributed by atoms with E-state index in [9.17, 15) is 13.2 Å². The number of hydrogen-bond donors (Lipinski definition) is 1. The van der Waals surface area contributed by atoms with Crippen molar-refractivity contribution in [2.75, 3.05) is 12.4 Å². The van der Waals surface area contributed by atoms with Crippen molar-refractivity contribution in [1.82, 2.24) is 0 Å². The van der Waals surface area contributed by atoms with E-state index in [1.54, 1.807) is 18.2 Å². The van der Waals surface area contributed by atoms with E-state index in [2.05, 4.69) is 0 Å². The number of aliphatic hydroxyl groups is 1. The van der Waals surface area contributed by atoms with Crippen LogP contribution in [0.3, 0.4) is 0 Å². The number of thioether (sulfide) groups is 1. The summed E-state index contributed by atoms with van der Waals surface area (Å²) in [5, 5.41) is 9.28. The summed E-state index contributed by atoms with van der Waals surface area (Å²) < 4.78 is 40.7. The molecular weight excluding hydrogens is 277 g/mol. The quantitative estimate of drug-likeness (QED) is 0.841. The first-order chi connectivity index (χ1) is 7.94. The number of hydrogen-bond acceptors (Lipinski definition) is 3. The van der Waals surface area contributed by atoms with E-state index in [-0.39, 0.29) is 41.5 Å². The molecule has 0 aromatic heterocycles. The van der Waals surface area contributed by atoms with Crippen molar-refractivity contribution in [3.8, 4) is 5.75 Å². The Morgan fingerprint density at radius 1 is 1.35 bits per heavy atom. The second kappa shape index (κ2) is 6.37. The zero-order chi connectivity index (χ0) is 12.9. The maximum Gasteiger partial charge on any atom is 0.441 e. The summed E-state index contributed by atoms with van der Waals surface area (Å²) in [4.78, 5) is 0. The van der Waals surface area contributed by atoms with Crippen LogP contribution in [0.15, 0.2) is 18.2 Å². The van der Waals surface area contributed by atoms with Gasteiger partial charge in [0.15, 0.2) is 0 Å². The van der Waals surface area contributed by atoms with Crippen molar-refractivity contribution in [1.29, 1.82) is 0 Å². The van der Waals surface area contributed by atoms with Gasteiger partial charge in [-0.3, -0.25) is 0 Å². The molecular formula is C10H10ClF3O2S. The molecule has 2 nitrogen and oxygen atoms in total. The summed E-state index contributed by atoms with van der Waals surface area (Å²) in [6.07, 6.45) is 0. The van der Waals surface area contributed by atoms with Gasteiger partial charge >= 0.3 is 5.51 Å². The Bertz CT molecular complexity index is 371. The van der Waals surface area contributed by atoms with Crippen LogP contribution >= 0.6 is 23.4 Å². The predicted molar refractivity (Wildman–Crippen MR) is 61.4 cm³/mol. The molecule has 7 heteroatoms. The number of alkyl halides is 3. The van der Waals surface area contributed by atoms with Gasteiger partial charge in [-0.15, -0.1) is 0 Å². The van der Waals surface area contributed by atoms with E-state index in [0.717, 1.165) is 0 Å². The van der Waals surface area contributed by atoms with Crippen LogP contribution < -0.4 is 4.74 Å². The third kappa shape index (κ3) is 5.06. The third-order valence-electron chi connectivity index (χ3n) is 1.81. The van der Waals surface area contributed by atoms with E-state index < -0.39 is 5.51 Å². The molecule has 0 unspecified atom stereocenters. The highest BCUT2D eigenvalue weighted by molar-refractivity contribution is 8.00. The van der Waals surface area contributed by atoms with Crippen molar-refractivity contribution >= 4 is 23.4 Å².